The van der Waals surface area contributed by atoms with Crippen LogP contribution in [0.1, 0.15) is 39.7 Å². The fourth-order valence-electron chi connectivity index (χ4n) is 3.59. The molecule has 0 saturated carbocycles. The summed E-state index contributed by atoms with van der Waals surface area (Å²) in [6.45, 7) is 9.87. The van der Waals surface area contributed by atoms with Crippen LogP contribution in [0.15, 0.2) is 48.4 Å². The largest absolute Gasteiger partial charge is 0.459 e. The summed E-state index contributed by atoms with van der Waals surface area (Å²) in [4.78, 5) is 27.4. The van der Waals surface area contributed by atoms with E-state index in [4.69, 9.17) is 4.74 Å². The maximum atomic E-state index is 13.1. The standard InChI is InChI=1S/C24H32N4O4/c1-16(2)12-19(23(30)25-21-10-11-27(26-21)15-24(4,5)31)28-14-18(13-22(28)29)32-20-9-7-6-8-17(20)3/h6-11,13,16,19,31H,12,14-15H2,1-5H3,(H,25,26,30)/t19-/m0/s1. The van der Waals surface area contributed by atoms with Crippen molar-refractivity contribution in [2.45, 2.75) is 59.2 Å². The van der Waals surface area contributed by atoms with E-state index in [2.05, 4.69) is 10.4 Å². The van der Waals surface area contributed by atoms with Crippen molar-refractivity contribution in [2.24, 2.45) is 5.92 Å². The van der Waals surface area contributed by atoms with Gasteiger partial charge in [0.2, 0.25) is 5.91 Å². The van der Waals surface area contributed by atoms with Crippen molar-refractivity contribution in [1.82, 2.24) is 14.7 Å². The van der Waals surface area contributed by atoms with Crippen molar-refractivity contribution >= 4 is 17.6 Å². The Kier molecular flexibility index (Phi) is 7.03. The van der Waals surface area contributed by atoms with E-state index < -0.39 is 11.6 Å². The number of anilines is 1. The van der Waals surface area contributed by atoms with Gasteiger partial charge in [-0.2, -0.15) is 5.10 Å². The Labute approximate surface area is 188 Å². The minimum absolute atomic E-state index is 0.202. The maximum Gasteiger partial charge on any atom is 0.251 e. The number of carbonyl (C=O) groups excluding carboxylic acids is 2. The van der Waals surface area contributed by atoms with Gasteiger partial charge in [0.15, 0.2) is 5.82 Å². The molecule has 8 heteroatoms. The van der Waals surface area contributed by atoms with Gasteiger partial charge in [-0.05, 0) is 44.7 Å². The molecule has 2 aromatic rings. The molecule has 0 bridgehead atoms. The molecule has 1 atom stereocenters. The summed E-state index contributed by atoms with van der Waals surface area (Å²) < 4.78 is 7.51. The number of hydrogen-bond acceptors (Lipinski definition) is 5. The molecule has 1 aromatic carbocycles. The van der Waals surface area contributed by atoms with Gasteiger partial charge in [-0.3, -0.25) is 14.3 Å². The van der Waals surface area contributed by atoms with Crippen LogP contribution in [0.5, 0.6) is 5.75 Å². The minimum Gasteiger partial charge on any atom is -0.459 e. The van der Waals surface area contributed by atoms with Gasteiger partial charge in [0.1, 0.15) is 17.6 Å². The van der Waals surface area contributed by atoms with Gasteiger partial charge >= 0.3 is 0 Å². The van der Waals surface area contributed by atoms with E-state index in [9.17, 15) is 14.7 Å². The smallest absolute Gasteiger partial charge is 0.251 e. The monoisotopic (exact) mass is 440 g/mol. The highest BCUT2D eigenvalue weighted by Crippen LogP contribution is 2.25. The van der Waals surface area contributed by atoms with E-state index in [0.29, 0.717) is 30.3 Å². The van der Waals surface area contributed by atoms with Crippen molar-refractivity contribution in [1.29, 1.82) is 0 Å². The predicted octanol–water partition coefficient (Wildman–Crippen LogP) is 3.12. The number of nitrogens with one attached hydrogen (secondary N) is 1. The molecule has 0 saturated heterocycles. The van der Waals surface area contributed by atoms with Gasteiger partial charge in [-0.1, -0.05) is 32.0 Å². The summed E-state index contributed by atoms with van der Waals surface area (Å²) in [7, 11) is 0. The second-order valence-corrected chi connectivity index (χ2v) is 9.29. The predicted molar refractivity (Wildman–Crippen MR) is 122 cm³/mol. The minimum atomic E-state index is -0.922. The molecule has 1 aromatic heterocycles. The first kappa shape index (κ1) is 23.5. The molecule has 1 aliphatic heterocycles. The van der Waals surface area contributed by atoms with Crippen LogP contribution >= 0.6 is 0 Å². The second-order valence-electron chi connectivity index (χ2n) is 9.29. The van der Waals surface area contributed by atoms with Crippen LogP contribution < -0.4 is 10.1 Å². The number of aliphatic hydroxyl groups is 1. The third kappa shape index (κ3) is 6.20. The number of aryl methyl sites for hydroxylation is 1. The third-order valence-corrected chi connectivity index (χ3v) is 5.04. The maximum absolute atomic E-state index is 13.1. The Morgan fingerprint density at radius 1 is 1.28 bits per heavy atom. The number of aromatic nitrogens is 2. The number of benzene rings is 1. The Hall–Kier alpha value is -3.13. The quantitative estimate of drug-likeness (QED) is 0.625. The molecule has 0 aliphatic carbocycles. The van der Waals surface area contributed by atoms with Gasteiger partial charge in [-0.25, -0.2) is 0 Å². The van der Waals surface area contributed by atoms with Crippen LogP contribution in [0.3, 0.4) is 0 Å². The molecule has 2 N–H and O–H groups in total. The summed E-state index contributed by atoms with van der Waals surface area (Å²) in [5.74, 6) is 1.24. The van der Waals surface area contributed by atoms with Crippen LogP contribution in [0.25, 0.3) is 0 Å². The number of para-hydroxylation sites is 1. The normalized spacial score (nSPS) is 15.2. The molecule has 2 amide bonds. The zero-order valence-electron chi connectivity index (χ0n) is 19.3. The van der Waals surface area contributed by atoms with Gasteiger partial charge in [0, 0.05) is 18.3 Å². The zero-order valence-corrected chi connectivity index (χ0v) is 19.3. The highest BCUT2D eigenvalue weighted by Gasteiger charge is 2.35. The Bertz CT molecular complexity index is 1000. The number of hydrogen-bond donors (Lipinski definition) is 2. The SMILES string of the molecule is Cc1ccccc1OC1=CC(=O)N([C@@H](CC(C)C)C(=O)Nc2ccn(CC(C)(C)O)n2)C1. The molecule has 0 radical (unpaired) electrons. The molecule has 32 heavy (non-hydrogen) atoms. The van der Waals surface area contributed by atoms with Crippen molar-refractivity contribution in [3.63, 3.8) is 0 Å². The molecular weight excluding hydrogens is 408 g/mol. The van der Waals surface area contributed by atoms with E-state index in [1.807, 2.05) is 45.0 Å². The number of amides is 2. The van der Waals surface area contributed by atoms with Crippen molar-refractivity contribution < 1.29 is 19.4 Å². The van der Waals surface area contributed by atoms with Crippen LogP contribution in [0, 0.1) is 12.8 Å². The summed E-state index contributed by atoms with van der Waals surface area (Å²) >= 11 is 0. The van der Waals surface area contributed by atoms with Gasteiger partial charge in [0.05, 0.1) is 18.7 Å². The van der Waals surface area contributed by atoms with E-state index in [1.165, 1.54) is 11.0 Å². The first-order valence-electron chi connectivity index (χ1n) is 10.8. The highest BCUT2D eigenvalue weighted by atomic mass is 16.5. The molecule has 2 heterocycles. The summed E-state index contributed by atoms with van der Waals surface area (Å²) in [5, 5.41) is 17.1. The van der Waals surface area contributed by atoms with Crippen molar-refractivity contribution in [3.8, 4) is 5.75 Å². The third-order valence-electron chi connectivity index (χ3n) is 5.04. The van der Waals surface area contributed by atoms with Crippen LogP contribution in [0.4, 0.5) is 5.82 Å². The lowest BCUT2D eigenvalue weighted by Crippen LogP contribution is -2.46. The first-order chi connectivity index (χ1) is 15.0. The van der Waals surface area contributed by atoms with Crippen LogP contribution in [-0.2, 0) is 16.1 Å². The topological polar surface area (TPSA) is 96.7 Å². The van der Waals surface area contributed by atoms with E-state index >= 15 is 0 Å². The zero-order chi connectivity index (χ0) is 23.5. The fraction of sp³-hybridized carbons (Fsp3) is 0.458. The van der Waals surface area contributed by atoms with Gasteiger partial charge in [0.25, 0.3) is 5.91 Å². The number of ether oxygens (including phenoxy) is 1. The van der Waals surface area contributed by atoms with Crippen LogP contribution in [-0.4, -0.2) is 49.8 Å². The molecule has 0 fully saturated rings. The molecular formula is C24H32N4O4. The van der Waals surface area contributed by atoms with E-state index in [-0.39, 0.29) is 24.3 Å². The molecule has 1 aliphatic rings. The average Bonchev–Trinajstić information content (AvgIpc) is 3.26. The highest BCUT2D eigenvalue weighted by molar-refractivity contribution is 5.99. The number of carbonyl (C=O) groups is 2. The average molecular weight is 441 g/mol. The summed E-state index contributed by atoms with van der Waals surface area (Å²) in [6, 6.07) is 8.61. The Morgan fingerprint density at radius 3 is 2.66 bits per heavy atom. The molecule has 172 valence electrons. The molecule has 8 nitrogen and oxygen atoms in total. The van der Waals surface area contributed by atoms with Crippen molar-refractivity contribution in [2.75, 3.05) is 11.9 Å². The molecule has 0 unspecified atom stereocenters. The summed E-state index contributed by atoms with van der Waals surface area (Å²) in [5.41, 5.74) is 0.0478. The number of nitrogens with zero attached hydrogens (tertiary/aromatic N) is 3. The van der Waals surface area contributed by atoms with Crippen LogP contribution in [0.2, 0.25) is 0 Å². The lowest BCUT2D eigenvalue weighted by atomic mass is 10.0. The van der Waals surface area contributed by atoms with Gasteiger partial charge in [-0.15, -0.1) is 0 Å². The summed E-state index contributed by atoms with van der Waals surface area (Å²) in [6.07, 6.45) is 3.65. The molecule has 0 spiro atoms. The van der Waals surface area contributed by atoms with Gasteiger partial charge < -0.3 is 20.1 Å². The first-order valence-corrected chi connectivity index (χ1v) is 10.8. The fourth-order valence-corrected chi connectivity index (χ4v) is 3.59. The lowest BCUT2D eigenvalue weighted by molar-refractivity contribution is -0.133. The Balaban J connectivity index is 1.70. The Morgan fingerprint density at radius 2 is 2.00 bits per heavy atom. The van der Waals surface area contributed by atoms with E-state index in [0.717, 1.165) is 5.56 Å². The van der Waals surface area contributed by atoms with Crippen molar-refractivity contribution in [3.05, 3.63) is 53.9 Å². The molecule has 3 rings (SSSR count). The second kappa shape index (κ2) is 9.56. The number of rotatable bonds is 9. The van der Waals surface area contributed by atoms with E-state index in [1.54, 1.807) is 30.8 Å². The lowest BCUT2D eigenvalue weighted by Gasteiger charge is -2.28.